The minimum absolute atomic E-state index is 0.119. The Bertz CT molecular complexity index is 382. The van der Waals surface area contributed by atoms with Crippen LogP contribution in [0.3, 0.4) is 0 Å². The third-order valence-corrected chi connectivity index (χ3v) is 4.98. The Morgan fingerprint density at radius 3 is 2.67 bits per heavy atom. The molecule has 2 saturated heterocycles. The van der Waals surface area contributed by atoms with Gasteiger partial charge in [-0.1, -0.05) is 13.8 Å². The molecule has 1 N–H and O–H groups in total. The maximum atomic E-state index is 12.6. The van der Waals surface area contributed by atoms with Crippen LogP contribution in [0, 0.1) is 11.8 Å². The van der Waals surface area contributed by atoms with E-state index in [4.69, 9.17) is 0 Å². The summed E-state index contributed by atoms with van der Waals surface area (Å²) in [7, 11) is 1.95. The molecule has 5 nitrogen and oxygen atoms in total. The molecular formula is C16H29N3O2. The van der Waals surface area contributed by atoms with Crippen LogP contribution in [0.4, 0.5) is 0 Å². The summed E-state index contributed by atoms with van der Waals surface area (Å²) in [6.45, 7) is 7.50. The van der Waals surface area contributed by atoms with Crippen LogP contribution in [0.15, 0.2) is 0 Å². The topological polar surface area (TPSA) is 52.7 Å². The summed E-state index contributed by atoms with van der Waals surface area (Å²) in [5.74, 6) is 0.793. The first-order chi connectivity index (χ1) is 10.1. The third-order valence-electron chi connectivity index (χ3n) is 4.98. The molecule has 0 aliphatic carbocycles. The number of hydrogen-bond acceptors (Lipinski definition) is 3. The smallest absolute Gasteiger partial charge is 0.228 e. The predicted molar refractivity (Wildman–Crippen MR) is 82.8 cm³/mol. The van der Waals surface area contributed by atoms with Crippen LogP contribution in [-0.2, 0) is 9.59 Å². The molecule has 0 bridgehead atoms. The van der Waals surface area contributed by atoms with E-state index in [9.17, 15) is 9.59 Å². The second kappa shape index (κ2) is 7.25. The summed E-state index contributed by atoms with van der Waals surface area (Å²) in [5, 5.41) is 3.18. The van der Waals surface area contributed by atoms with Crippen LogP contribution in [0.5, 0.6) is 0 Å². The zero-order valence-corrected chi connectivity index (χ0v) is 13.6. The maximum Gasteiger partial charge on any atom is 0.228 e. The van der Waals surface area contributed by atoms with Gasteiger partial charge in [-0.2, -0.15) is 0 Å². The predicted octanol–water partition coefficient (Wildman–Crippen LogP) is 1.09. The maximum absolute atomic E-state index is 12.6. The van der Waals surface area contributed by atoms with Gasteiger partial charge in [-0.05, 0) is 38.8 Å². The summed E-state index contributed by atoms with van der Waals surface area (Å²) >= 11 is 0. The Morgan fingerprint density at radius 1 is 1.33 bits per heavy atom. The van der Waals surface area contributed by atoms with E-state index in [1.165, 1.54) is 0 Å². The molecule has 2 aliphatic rings. The van der Waals surface area contributed by atoms with Crippen molar-refractivity contribution in [3.8, 4) is 0 Å². The molecule has 0 radical (unpaired) electrons. The number of rotatable bonds is 6. The quantitative estimate of drug-likeness (QED) is 0.798. The molecule has 2 fully saturated rings. The lowest BCUT2D eigenvalue weighted by molar-refractivity contribution is -0.135. The standard InChI is InChI=1S/C16H29N3O2/c1-4-14(5-2)19-11-13(8-15(19)20)16(21)18-7-6-12(10-18)9-17-3/h12-14,17H,4-11H2,1-3H3. The highest BCUT2D eigenvalue weighted by Crippen LogP contribution is 2.26. The lowest BCUT2D eigenvalue weighted by atomic mass is 10.1. The van der Waals surface area contributed by atoms with Crippen molar-refractivity contribution < 1.29 is 9.59 Å². The Kier molecular flexibility index (Phi) is 5.62. The van der Waals surface area contributed by atoms with Gasteiger partial charge >= 0.3 is 0 Å². The second-order valence-corrected chi connectivity index (χ2v) is 6.41. The van der Waals surface area contributed by atoms with Crippen LogP contribution >= 0.6 is 0 Å². The summed E-state index contributed by atoms with van der Waals surface area (Å²) < 4.78 is 0. The van der Waals surface area contributed by atoms with E-state index in [-0.39, 0.29) is 17.7 Å². The number of carbonyl (C=O) groups excluding carboxylic acids is 2. The van der Waals surface area contributed by atoms with Crippen molar-refractivity contribution >= 4 is 11.8 Å². The van der Waals surface area contributed by atoms with E-state index in [0.29, 0.717) is 24.9 Å². The molecule has 2 atom stereocenters. The molecule has 120 valence electrons. The van der Waals surface area contributed by atoms with E-state index in [0.717, 1.165) is 38.9 Å². The highest BCUT2D eigenvalue weighted by molar-refractivity contribution is 5.89. The van der Waals surface area contributed by atoms with Gasteiger partial charge in [0.25, 0.3) is 0 Å². The number of amides is 2. The van der Waals surface area contributed by atoms with Crippen LogP contribution in [-0.4, -0.2) is 60.9 Å². The van der Waals surface area contributed by atoms with Gasteiger partial charge in [-0.3, -0.25) is 9.59 Å². The molecule has 5 heteroatoms. The van der Waals surface area contributed by atoms with Gasteiger partial charge in [-0.25, -0.2) is 0 Å². The zero-order chi connectivity index (χ0) is 15.4. The summed E-state index contributed by atoms with van der Waals surface area (Å²) in [4.78, 5) is 28.7. The monoisotopic (exact) mass is 295 g/mol. The number of carbonyl (C=O) groups is 2. The van der Waals surface area contributed by atoms with Crippen molar-refractivity contribution in [3.63, 3.8) is 0 Å². The number of hydrogen-bond donors (Lipinski definition) is 1. The number of likely N-dealkylation sites (tertiary alicyclic amines) is 2. The van der Waals surface area contributed by atoms with E-state index < -0.39 is 0 Å². The molecular weight excluding hydrogens is 266 g/mol. The highest BCUT2D eigenvalue weighted by Gasteiger charge is 2.40. The van der Waals surface area contributed by atoms with Crippen LogP contribution in [0.2, 0.25) is 0 Å². The highest BCUT2D eigenvalue weighted by atomic mass is 16.2. The average Bonchev–Trinajstić information content (AvgIpc) is 3.08. The van der Waals surface area contributed by atoms with E-state index in [1.807, 2.05) is 16.8 Å². The van der Waals surface area contributed by atoms with Gasteiger partial charge < -0.3 is 15.1 Å². The Labute approximate surface area is 128 Å². The first-order valence-electron chi connectivity index (χ1n) is 8.33. The summed E-state index contributed by atoms with van der Waals surface area (Å²) in [6, 6.07) is 0.297. The fourth-order valence-corrected chi connectivity index (χ4v) is 3.73. The first-order valence-corrected chi connectivity index (χ1v) is 8.33. The zero-order valence-electron chi connectivity index (χ0n) is 13.6. The molecule has 0 saturated carbocycles. The average molecular weight is 295 g/mol. The molecule has 0 aromatic heterocycles. The molecule has 2 unspecified atom stereocenters. The Morgan fingerprint density at radius 2 is 2.05 bits per heavy atom. The summed E-state index contributed by atoms with van der Waals surface area (Å²) in [6.07, 6.45) is 3.42. The van der Waals surface area contributed by atoms with Gasteiger partial charge in [0.15, 0.2) is 0 Å². The molecule has 0 spiro atoms. The molecule has 2 amide bonds. The van der Waals surface area contributed by atoms with Gasteiger partial charge in [0, 0.05) is 32.1 Å². The minimum atomic E-state index is -0.119. The second-order valence-electron chi connectivity index (χ2n) is 6.41. The SMILES string of the molecule is CCC(CC)N1CC(C(=O)N2CCC(CNC)C2)CC1=O. The summed E-state index contributed by atoms with van der Waals surface area (Å²) in [5.41, 5.74) is 0. The van der Waals surface area contributed by atoms with Gasteiger partial charge in [0.2, 0.25) is 11.8 Å². The van der Waals surface area contributed by atoms with Crippen LogP contribution in [0.25, 0.3) is 0 Å². The third kappa shape index (κ3) is 3.57. The van der Waals surface area contributed by atoms with Crippen molar-refractivity contribution in [2.45, 2.75) is 45.6 Å². The van der Waals surface area contributed by atoms with Crippen molar-refractivity contribution in [1.29, 1.82) is 0 Å². The van der Waals surface area contributed by atoms with Gasteiger partial charge in [-0.15, -0.1) is 0 Å². The van der Waals surface area contributed by atoms with Gasteiger partial charge in [0.05, 0.1) is 5.92 Å². The largest absolute Gasteiger partial charge is 0.342 e. The Hall–Kier alpha value is -1.10. The fourth-order valence-electron chi connectivity index (χ4n) is 3.73. The van der Waals surface area contributed by atoms with Crippen molar-refractivity contribution in [2.24, 2.45) is 11.8 Å². The van der Waals surface area contributed by atoms with Gasteiger partial charge in [0.1, 0.15) is 0 Å². The lowest BCUT2D eigenvalue weighted by Gasteiger charge is -2.26. The molecule has 2 heterocycles. The fraction of sp³-hybridized carbons (Fsp3) is 0.875. The number of nitrogens with one attached hydrogen (secondary N) is 1. The van der Waals surface area contributed by atoms with Crippen LogP contribution in [0.1, 0.15) is 39.5 Å². The normalized spacial score (nSPS) is 26.2. The molecule has 0 aromatic carbocycles. The van der Waals surface area contributed by atoms with Crippen LogP contribution < -0.4 is 5.32 Å². The molecule has 2 rings (SSSR count). The van der Waals surface area contributed by atoms with E-state index in [1.54, 1.807) is 0 Å². The van der Waals surface area contributed by atoms with E-state index in [2.05, 4.69) is 19.2 Å². The van der Waals surface area contributed by atoms with Crippen molar-refractivity contribution in [1.82, 2.24) is 15.1 Å². The molecule has 21 heavy (non-hydrogen) atoms. The van der Waals surface area contributed by atoms with Crippen molar-refractivity contribution in [2.75, 3.05) is 33.2 Å². The molecule has 2 aliphatic heterocycles. The molecule has 0 aromatic rings. The number of nitrogens with zero attached hydrogens (tertiary/aromatic N) is 2. The first kappa shape index (κ1) is 16.3. The van der Waals surface area contributed by atoms with E-state index >= 15 is 0 Å². The lowest BCUT2D eigenvalue weighted by Crippen LogP contribution is -2.39. The Balaban J connectivity index is 1.91. The van der Waals surface area contributed by atoms with Crippen molar-refractivity contribution in [3.05, 3.63) is 0 Å². The minimum Gasteiger partial charge on any atom is -0.342 e.